The van der Waals surface area contributed by atoms with Gasteiger partial charge in [0.25, 0.3) is 5.91 Å². The van der Waals surface area contributed by atoms with Crippen LogP contribution in [0.1, 0.15) is 48.8 Å². The Morgan fingerprint density at radius 2 is 1.61 bits per heavy atom. The standard InChI is InChI=1S/C36H38F6N4O5/c1-35(15-16-35)33(48)46(32(47)31(43)30(21-5-9-23(37)10-6-21)22-7-11-24(38)12-8-22)29-4-2-3-28(39)27(29)14-13-26-17-44-25(18-50-26)19-51-34(49)45-20-36(40,41)42/h2-12,25-26,30-31,44H,13-20,43H2,1H3,(H,45,49)/t25-,26+,31-/m0/s1. The van der Waals surface area contributed by atoms with Gasteiger partial charge in [-0.2, -0.15) is 13.2 Å². The number of ether oxygens (including phenoxy) is 2. The first kappa shape index (κ1) is 37.8. The van der Waals surface area contributed by atoms with Crippen molar-refractivity contribution >= 4 is 23.6 Å². The summed E-state index contributed by atoms with van der Waals surface area (Å²) in [6, 6.07) is 12.8. The van der Waals surface area contributed by atoms with E-state index in [9.17, 15) is 36.3 Å². The molecular formula is C36H38F6N4O5. The number of halogens is 6. The summed E-state index contributed by atoms with van der Waals surface area (Å²) in [5.41, 5.74) is 6.78. The number of carbonyl (C=O) groups is 3. The van der Waals surface area contributed by atoms with Gasteiger partial charge in [0.15, 0.2) is 0 Å². The second kappa shape index (κ2) is 15.8. The topological polar surface area (TPSA) is 123 Å². The Hall–Kier alpha value is -4.47. The molecule has 2 fully saturated rings. The van der Waals surface area contributed by atoms with Crippen LogP contribution in [0.3, 0.4) is 0 Å². The molecule has 5 rings (SSSR count). The van der Waals surface area contributed by atoms with Crippen molar-refractivity contribution in [1.82, 2.24) is 10.6 Å². The number of nitrogens with one attached hydrogen (secondary N) is 2. The Morgan fingerprint density at radius 3 is 2.14 bits per heavy atom. The minimum atomic E-state index is -4.58. The monoisotopic (exact) mass is 720 g/mol. The van der Waals surface area contributed by atoms with Crippen LogP contribution in [0.15, 0.2) is 66.7 Å². The van der Waals surface area contributed by atoms with Gasteiger partial charge in [0.2, 0.25) is 5.91 Å². The lowest BCUT2D eigenvalue weighted by Gasteiger charge is -2.33. The summed E-state index contributed by atoms with van der Waals surface area (Å²) in [5, 5.41) is 4.70. The van der Waals surface area contributed by atoms with Crippen molar-refractivity contribution in [3.63, 3.8) is 0 Å². The lowest BCUT2D eigenvalue weighted by Crippen LogP contribution is -2.52. The van der Waals surface area contributed by atoms with Crippen LogP contribution < -0.4 is 21.3 Å². The Kier molecular flexibility index (Phi) is 11.7. The van der Waals surface area contributed by atoms with Crippen LogP contribution in [0.25, 0.3) is 0 Å². The van der Waals surface area contributed by atoms with Crippen LogP contribution in [-0.2, 0) is 25.5 Å². The number of hydrogen-bond acceptors (Lipinski definition) is 7. The van der Waals surface area contributed by atoms with Crippen molar-refractivity contribution in [3.8, 4) is 0 Å². The zero-order valence-electron chi connectivity index (χ0n) is 27.7. The van der Waals surface area contributed by atoms with Gasteiger partial charge < -0.3 is 25.8 Å². The lowest BCUT2D eigenvalue weighted by atomic mass is 9.84. The molecule has 1 aliphatic carbocycles. The Morgan fingerprint density at radius 1 is 1.00 bits per heavy atom. The Balaban J connectivity index is 1.33. The van der Waals surface area contributed by atoms with Crippen molar-refractivity contribution in [2.24, 2.45) is 11.1 Å². The van der Waals surface area contributed by atoms with Gasteiger partial charge in [-0.15, -0.1) is 0 Å². The van der Waals surface area contributed by atoms with Crippen LogP contribution in [0.4, 0.5) is 36.8 Å². The number of carbonyl (C=O) groups excluding carboxylic acids is 3. The molecule has 1 heterocycles. The molecule has 3 amide bonds. The summed E-state index contributed by atoms with van der Waals surface area (Å²) in [7, 11) is 0. The number of amides is 3. The molecule has 4 N–H and O–H groups in total. The first-order chi connectivity index (χ1) is 24.1. The van der Waals surface area contributed by atoms with Crippen LogP contribution in [0.5, 0.6) is 0 Å². The number of alkyl carbamates (subject to hydrolysis) is 1. The van der Waals surface area contributed by atoms with Crippen LogP contribution >= 0.6 is 0 Å². The quantitative estimate of drug-likeness (QED) is 0.211. The molecule has 3 aromatic carbocycles. The summed E-state index contributed by atoms with van der Waals surface area (Å²) in [4.78, 5) is 41.0. The molecule has 2 aliphatic rings. The zero-order valence-corrected chi connectivity index (χ0v) is 27.7. The number of morpholine rings is 1. The highest BCUT2D eigenvalue weighted by Gasteiger charge is 2.50. The molecule has 1 aliphatic heterocycles. The molecule has 1 saturated carbocycles. The molecule has 0 aromatic heterocycles. The second-order valence-electron chi connectivity index (χ2n) is 13.0. The molecule has 9 nitrogen and oxygen atoms in total. The summed E-state index contributed by atoms with van der Waals surface area (Å²) < 4.78 is 91.0. The molecule has 0 unspecified atom stereocenters. The van der Waals surface area contributed by atoms with Gasteiger partial charge in [0.05, 0.1) is 30.5 Å². The number of nitrogens with two attached hydrogens (primary N) is 1. The van der Waals surface area contributed by atoms with Gasteiger partial charge in [-0.25, -0.2) is 22.9 Å². The largest absolute Gasteiger partial charge is 0.448 e. The van der Waals surface area contributed by atoms with Crippen molar-refractivity contribution in [1.29, 1.82) is 0 Å². The smallest absolute Gasteiger partial charge is 0.407 e. The van der Waals surface area contributed by atoms with Gasteiger partial charge in [0.1, 0.15) is 30.6 Å². The van der Waals surface area contributed by atoms with Crippen molar-refractivity contribution < 1.29 is 50.2 Å². The van der Waals surface area contributed by atoms with E-state index in [1.54, 1.807) is 12.2 Å². The van der Waals surface area contributed by atoms with Crippen molar-refractivity contribution in [3.05, 3.63) is 101 Å². The van der Waals surface area contributed by atoms with E-state index in [0.29, 0.717) is 24.0 Å². The van der Waals surface area contributed by atoms with Gasteiger partial charge in [-0.1, -0.05) is 37.3 Å². The minimum Gasteiger partial charge on any atom is -0.448 e. The molecule has 3 atom stereocenters. The van der Waals surface area contributed by atoms with E-state index in [1.165, 1.54) is 66.7 Å². The van der Waals surface area contributed by atoms with Gasteiger partial charge in [0, 0.05) is 23.4 Å². The molecule has 51 heavy (non-hydrogen) atoms. The summed E-state index contributed by atoms with van der Waals surface area (Å²) in [6.07, 6.45) is -4.97. The zero-order chi connectivity index (χ0) is 36.9. The van der Waals surface area contributed by atoms with E-state index in [0.717, 1.165) is 4.90 Å². The van der Waals surface area contributed by atoms with E-state index in [4.69, 9.17) is 15.2 Å². The molecule has 274 valence electrons. The summed E-state index contributed by atoms with van der Waals surface area (Å²) >= 11 is 0. The van der Waals surface area contributed by atoms with E-state index < -0.39 is 77.6 Å². The SMILES string of the molecule is CC1(C(=O)N(C(=O)[C@@H](N)C(c2ccc(F)cc2)c2ccc(F)cc2)c2cccc(F)c2CC[C@@H]2CN[C@H](COC(=O)NCC(F)(F)F)CO2)CC1. The van der Waals surface area contributed by atoms with Gasteiger partial charge in [-0.3, -0.25) is 9.59 Å². The number of hydrogen-bond donors (Lipinski definition) is 3. The van der Waals surface area contributed by atoms with E-state index in [1.807, 2.05) is 0 Å². The molecule has 0 spiro atoms. The highest BCUT2D eigenvalue weighted by Crippen LogP contribution is 2.48. The maximum atomic E-state index is 15.6. The molecule has 1 saturated heterocycles. The fourth-order valence-electron chi connectivity index (χ4n) is 5.91. The third-order valence-electron chi connectivity index (χ3n) is 9.11. The van der Waals surface area contributed by atoms with Crippen LogP contribution in [0.2, 0.25) is 0 Å². The predicted octanol–water partition coefficient (Wildman–Crippen LogP) is 5.50. The Labute approximate surface area is 290 Å². The Bertz CT molecular complexity index is 1650. The van der Waals surface area contributed by atoms with Crippen molar-refractivity contribution in [2.45, 2.75) is 62.9 Å². The molecular weight excluding hydrogens is 682 g/mol. The highest BCUT2D eigenvalue weighted by atomic mass is 19.4. The van der Waals surface area contributed by atoms with E-state index in [2.05, 4.69) is 5.32 Å². The minimum absolute atomic E-state index is 0.0189. The molecule has 0 bridgehead atoms. The number of benzene rings is 3. The number of nitrogens with zero attached hydrogens (tertiary/aromatic N) is 1. The number of alkyl halides is 3. The lowest BCUT2D eigenvalue weighted by molar-refractivity contribution is -0.130. The van der Waals surface area contributed by atoms with Gasteiger partial charge >= 0.3 is 12.3 Å². The first-order valence-corrected chi connectivity index (χ1v) is 16.4. The highest BCUT2D eigenvalue weighted by molar-refractivity contribution is 6.19. The average molecular weight is 721 g/mol. The normalized spacial score (nSPS) is 18.9. The number of rotatable bonds is 12. The molecule has 0 radical (unpaired) electrons. The summed E-state index contributed by atoms with van der Waals surface area (Å²) in [5.74, 6) is -4.01. The molecule has 3 aromatic rings. The third-order valence-corrected chi connectivity index (χ3v) is 9.11. The summed E-state index contributed by atoms with van der Waals surface area (Å²) in [6.45, 7) is 0.223. The number of imide groups is 1. The fourth-order valence-corrected chi connectivity index (χ4v) is 5.91. The van der Waals surface area contributed by atoms with E-state index >= 15 is 4.39 Å². The predicted molar refractivity (Wildman–Crippen MR) is 174 cm³/mol. The van der Waals surface area contributed by atoms with Crippen LogP contribution in [-0.4, -0.2) is 68.6 Å². The molecule has 15 heteroatoms. The fraction of sp³-hybridized carbons (Fsp3) is 0.417. The van der Waals surface area contributed by atoms with Crippen LogP contribution in [0, 0.1) is 22.9 Å². The van der Waals surface area contributed by atoms with E-state index in [-0.39, 0.29) is 43.9 Å². The average Bonchev–Trinajstić information content (AvgIpc) is 3.86. The van der Waals surface area contributed by atoms with Crippen molar-refractivity contribution in [2.75, 3.05) is 31.2 Å². The first-order valence-electron chi connectivity index (χ1n) is 16.4. The number of anilines is 1. The maximum absolute atomic E-state index is 15.6. The third kappa shape index (κ3) is 9.65. The maximum Gasteiger partial charge on any atom is 0.407 e. The van der Waals surface area contributed by atoms with Gasteiger partial charge in [-0.05, 0) is 73.2 Å². The second-order valence-corrected chi connectivity index (χ2v) is 13.0.